The monoisotopic (exact) mass is 324 g/mol. The maximum atomic E-state index is 11.4. The van der Waals surface area contributed by atoms with Gasteiger partial charge < -0.3 is 10.0 Å². The van der Waals surface area contributed by atoms with E-state index in [1.165, 1.54) is 11.3 Å². The highest BCUT2D eigenvalue weighted by Gasteiger charge is 2.35. The number of carboxylic acid groups (broad SMARTS) is 1. The van der Waals surface area contributed by atoms with E-state index < -0.39 is 5.97 Å². The lowest BCUT2D eigenvalue weighted by Crippen LogP contribution is -2.58. The molecular formula is C20H24N2O2. The smallest absolute Gasteiger partial charge is 0.305 e. The number of aliphatic carboxylic acids is 1. The third kappa shape index (κ3) is 3.77. The topological polar surface area (TPSA) is 43.8 Å². The van der Waals surface area contributed by atoms with Gasteiger partial charge in [-0.1, -0.05) is 48.5 Å². The summed E-state index contributed by atoms with van der Waals surface area (Å²) in [6.07, 6.45) is 0.164. The van der Waals surface area contributed by atoms with Crippen molar-refractivity contribution in [3.8, 4) is 0 Å². The summed E-state index contributed by atoms with van der Waals surface area (Å²) in [5.74, 6) is -0.736. The van der Waals surface area contributed by atoms with E-state index in [0.29, 0.717) is 0 Å². The first-order valence-electron chi connectivity index (χ1n) is 8.46. The van der Waals surface area contributed by atoms with E-state index in [9.17, 15) is 9.90 Å². The van der Waals surface area contributed by atoms with E-state index in [0.717, 1.165) is 19.6 Å². The van der Waals surface area contributed by atoms with Gasteiger partial charge in [-0.15, -0.1) is 0 Å². The SMILES string of the molecule is C[C@H]1C(CC(=O)O)N(Cc2ccccc2)CCN1c1ccccc1. The number of carbonyl (C=O) groups is 1. The van der Waals surface area contributed by atoms with Gasteiger partial charge in [-0.25, -0.2) is 0 Å². The Morgan fingerprint density at radius 3 is 2.29 bits per heavy atom. The van der Waals surface area contributed by atoms with Crippen molar-refractivity contribution in [2.45, 2.75) is 32.0 Å². The van der Waals surface area contributed by atoms with Crippen molar-refractivity contribution in [1.82, 2.24) is 4.90 Å². The van der Waals surface area contributed by atoms with Crippen molar-refractivity contribution < 1.29 is 9.90 Å². The molecule has 3 rings (SSSR count). The fourth-order valence-corrected chi connectivity index (χ4v) is 3.59. The Balaban J connectivity index is 1.80. The Morgan fingerprint density at radius 1 is 1.04 bits per heavy atom. The Hall–Kier alpha value is -2.33. The summed E-state index contributed by atoms with van der Waals surface area (Å²) in [4.78, 5) is 16.1. The van der Waals surface area contributed by atoms with Gasteiger partial charge in [0.25, 0.3) is 0 Å². The van der Waals surface area contributed by atoms with Gasteiger partial charge in [0.1, 0.15) is 0 Å². The van der Waals surface area contributed by atoms with Crippen molar-refractivity contribution in [2.24, 2.45) is 0 Å². The predicted octanol–water partition coefficient (Wildman–Crippen LogP) is 3.24. The van der Waals surface area contributed by atoms with Crippen molar-refractivity contribution in [3.63, 3.8) is 0 Å². The van der Waals surface area contributed by atoms with Crippen LogP contribution in [0.1, 0.15) is 18.9 Å². The normalized spacial score (nSPS) is 21.6. The van der Waals surface area contributed by atoms with E-state index in [1.54, 1.807) is 0 Å². The van der Waals surface area contributed by atoms with E-state index in [2.05, 4.69) is 41.0 Å². The van der Waals surface area contributed by atoms with Gasteiger partial charge in [-0.2, -0.15) is 0 Å². The minimum absolute atomic E-state index is 0.00309. The number of nitrogens with zero attached hydrogens (tertiary/aromatic N) is 2. The molecule has 1 aliphatic heterocycles. The summed E-state index contributed by atoms with van der Waals surface area (Å²) in [5.41, 5.74) is 2.40. The molecule has 24 heavy (non-hydrogen) atoms. The third-order valence-electron chi connectivity index (χ3n) is 4.85. The van der Waals surface area contributed by atoms with Crippen molar-refractivity contribution >= 4 is 11.7 Å². The average molecular weight is 324 g/mol. The Bertz CT molecular complexity index is 658. The number of piperazine rings is 1. The maximum absolute atomic E-state index is 11.4. The summed E-state index contributed by atoms with van der Waals surface area (Å²) < 4.78 is 0. The lowest BCUT2D eigenvalue weighted by Gasteiger charge is -2.47. The van der Waals surface area contributed by atoms with Crippen LogP contribution in [0.25, 0.3) is 0 Å². The van der Waals surface area contributed by atoms with Crippen molar-refractivity contribution in [2.75, 3.05) is 18.0 Å². The molecule has 126 valence electrons. The second kappa shape index (κ2) is 7.49. The van der Waals surface area contributed by atoms with Crippen LogP contribution >= 0.6 is 0 Å². The fraction of sp³-hybridized carbons (Fsp3) is 0.350. The van der Waals surface area contributed by atoms with Gasteiger partial charge in [0, 0.05) is 37.4 Å². The van der Waals surface area contributed by atoms with Gasteiger partial charge >= 0.3 is 5.97 Å². The summed E-state index contributed by atoms with van der Waals surface area (Å²) in [6.45, 7) is 4.71. The number of anilines is 1. The van der Waals surface area contributed by atoms with Gasteiger partial charge in [0.2, 0.25) is 0 Å². The van der Waals surface area contributed by atoms with Gasteiger partial charge in [-0.05, 0) is 24.6 Å². The van der Waals surface area contributed by atoms with Gasteiger partial charge in [-0.3, -0.25) is 9.69 Å². The predicted molar refractivity (Wildman–Crippen MR) is 96.1 cm³/mol. The van der Waals surface area contributed by atoms with Crippen LogP contribution in [-0.2, 0) is 11.3 Å². The summed E-state index contributed by atoms with van der Waals surface area (Å²) >= 11 is 0. The largest absolute Gasteiger partial charge is 0.481 e. The molecule has 0 amide bonds. The van der Waals surface area contributed by atoms with Crippen LogP contribution in [0.15, 0.2) is 60.7 Å². The van der Waals surface area contributed by atoms with E-state index in [-0.39, 0.29) is 18.5 Å². The minimum atomic E-state index is -0.736. The molecule has 2 aromatic carbocycles. The first-order valence-corrected chi connectivity index (χ1v) is 8.46. The summed E-state index contributed by atoms with van der Waals surface area (Å²) in [5, 5.41) is 9.38. The zero-order chi connectivity index (χ0) is 16.9. The third-order valence-corrected chi connectivity index (χ3v) is 4.85. The molecule has 4 heteroatoms. The number of benzene rings is 2. The molecule has 2 aromatic rings. The fourth-order valence-electron chi connectivity index (χ4n) is 3.59. The van der Waals surface area contributed by atoms with E-state index >= 15 is 0 Å². The van der Waals surface area contributed by atoms with Crippen LogP contribution in [0.2, 0.25) is 0 Å². The van der Waals surface area contributed by atoms with Crippen LogP contribution < -0.4 is 4.90 Å². The van der Waals surface area contributed by atoms with Crippen LogP contribution in [0.5, 0.6) is 0 Å². The number of hydrogen-bond acceptors (Lipinski definition) is 3. The molecule has 1 heterocycles. The number of carboxylic acids is 1. The molecule has 1 fully saturated rings. The quantitative estimate of drug-likeness (QED) is 0.917. The molecule has 1 unspecified atom stereocenters. The Morgan fingerprint density at radius 2 is 1.67 bits per heavy atom. The number of hydrogen-bond donors (Lipinski definition) is 1. The molecular weight excluding hydrogens is 300 g/mol. The zero-order valence-corrected chi connectivity index (χ0v) is 14.0. The highest BCUT2D eigenvalue weighted by atomic mass is 16.4. The average Bonchev–Trinajstić information content (AvgIpc) is 2.59. The molecule has 0 aromatic heterocycles. The summed E-state index contributed by atoms with van der Waals surface area (Å²) in [6, 6.07) is 20.7. The molecule has 0 spiro atoms. The lowest BCUT2D eigenvalue weighted by molar-refractivity contribution is -0.138. The van der Waals surface area contributed by atoms with Crippen molar-refractivity contribution in [3.05, 3.63) is 66.2 Å². The van der Waals surface area contributed by atoms with Crippen LogP contribution in [-0.4, -0.2) is 41.1 Å². The van der Waals surface area contributed by atoms with E-state index in [4.69, 9.17) is 0 Å². The second-order valence-electron chi connectivity index (χ2n) is 6.39. The molecule has 0 saturated carbocycles. The Labute approximate surface area is 143 Å². The second-order valence-corrected chi connectivity index (χ2v) is 6.39. The van der Waals surface area contributed by atoms with Crippen LogP contribution in [0.3, 0.4) is 0 Å². The number of para-hydroxylation sites is 1. The molecule has 1 aliphatic rings. The van der Waals surface area contributed by atoms with Gasteiger partial charge in [0.15, 0.2) is 0 Å². The summed E-state index contributed by atoms with van der Waals surface area (Å²) in [7, 11) is 0. The van der Waals surface area contributed by atoms with Crippen LogP contribution in [0.4, 0.5) is 5.69 Å². The lowest BCUT2D eigenvalue weighted by atomic mass is 9.98. The van der Waals surface area contributed by atoms with Crippen LogP contribution in [0, 0.1) is 0 Å². The highest BCUT2D eigenvalue weighted by Crippen LogP contribution is 2.27. The van der Waals surface area contributed by atoms with Crippen molar-refractivity contribution in [1.29, 1.82) is 0 Å². The molecule has 0 aliphatic carbocycles. The van der Waals surface area contributed by atoms with Gasteiger partial charge in [0.05, 0.1) is 6.42 Å². The highest BCUT2D eigenvalue weighted by molar-refractivity contribution is 5.68. The van der Waals surface area contributed by atoms with E-state index in [1.807, 2.05) is 36.4 Å². The minimum Gasteiger partial charge on any atom is -0.481 e. The molecule has 2 atom stereocenters. The zero-order valence-electron chi connectivity index (χ0n) is 14.0. The molecule has 4 nitrogen and oxygen atoms in total. The molecule has 0 bridgehead atoms. The Kier molecular flexibility index (Phi) is 5.16. The molecule has 1 saturated heterocycles. The first-order chi connectivity index (χ1) is 11.6. The molecule has 0 radical (unpaired) electrons. The maximum Gasteiger partial charge on any atom is 0.305 e. The standard InChI is InChI=1S/C20H24N2O2/c1-16-19(14-20(23)24)21(15-17-8-4-2-5-9-17)12-13-22(16)18-10-6-3-7-11-18/h2-11,16,19H,12-15H2,1H3,(H,23,24)/t16-,19?/m0/s1. The molecule has 1 N–H and O–H groups in total. The first kappa shape index (κ1) is 16.5. The number of rotatable bonds is 5.